The Balaban J connectivity index is 1.53. The van der Waals surface area contributed by atoms with Gasteiger partial charge in [0.15, 0.2) is 0 Å². The minimum Gasteiger partial charge on any atom is -0.468 e. The van der Waals surface area contributed by atoms with Gasteiger partial charge in [0.05, 0.1) is 18.2 Å². The third-order valence-corrected chi connectivity index (χ3v) is 5.00. The molecule has 2 heterocycles. The fourth-order valence-electron chi connectivity index (χ4n) is 3.34. The molecule has 0 radical (unpaired) electrons. The highest BCUT2D eigenvalue weighted by molar-refractivity contribution is 5.83. The summed E-state index contributed by atoms with van der Waals surface area (Å²) in [4.78, 5) is 28.7. The number of carbonyl (C=O) groups is 2. The summed E-state index contributed by atoms with van der Waals surface area (Å²) < 4.78 is 5.47. The molecule has 1 saturated carbocycles. The number of amides is 2. The zero-order valence-electron chi connectivity index (χ0n) is 14.5. The summed E-state index contributed by atoms with van der Waals surface area (Å²) in [5.41, 5.74) is 0. The number of hydrogen-bond acceptors (Lipinski definition) is 4. The number of piperidine rings is 1. The third kappa shape index (κ3) is 3.98. The number of likely N-dealkylation sites (tertiary alicyclic amines) is 1. The molecule has 132 valence electrons. The van der Waals surface area contributed by atoms with Crippen molar-refractivity contribution < 1.29 is 14.0 Å². The molecule has 1 saturated heterocycles. The summed E-state index contributed by atoms with van der Waals surface area (Å²) in [5, 5.41) is 3.05. The maximum atomic E-state index is 12.6. The summed E-state index contributed by atoms with van der Waals surface area (Å²) in [6.45, 7) is 1.87. The van der Waals surface area contributed by atoms with Crippen LogP contribution in [0.5, 0.6) is 0 Å². The minimum absolute atomic E-state index is 0.0109. The van der Waals surface area contributed by atoms with Gasteiger partial charge in [-0.15, -0.1) is 0 Å². The Kier molecular flexibility index (Phi) is 5.23. The fourth-order valence-corrected chi connectivity index (χ4v) is 3.34. The van der Waals surface area contributed by atoms with Crippen molar-refractivity contribution in [1.82, 2.24) is 15.1 Å². The number of furan rings is 1. The first kappa shape index (κ1) is 17.0. The minimum atomic E-state index is -0.0964. The average Bonchev–Trinajstić information content (AvgIpc) is 3.30. The lowest BCUT2D eigenvalue weighted by molar-refractivity contribution is -0.136. The fraction of sp³-hybridized carbons (Fsp3) is 0.667. The van der Waals surface area contributed by atoms with Crippen LogP contribution in [0, 0.1) is 11.8 Å². The van der Waals surface area contributed by atoms with E-state index in [0.717, 1.165) is 38.0 Å². The first-order chi connectivity index (χ1) is 11.6. The number of rotatable bonds is 6. The second-order valence-electron chi connectivity index (χ2n) is 7.14. The van der Waals surface area contributed by atoms with Crippen LogP contribution in [-0.2, 0) is 9.59 Å². The van der Waals surface area contributed by atoms with Crippen LogP contribution in [0.1, 0.15) is 37.5 Å². The lowest BCUT2D eigenvalue weighted by atomic mass is 9.96. The summed E-state index contributed by atoms with van der Waals surface area (Å²) in [5.74, 6) is 1.26. The van der Waals surface area contributed by atoms with Crippen LogP contribution in [0.2, 0.25) is 0 Å². The van der Waals surface area contributed by atoms with Crippen molar-refractivity contribution >= 4 is 11.8 Å². The zero-order chi connectivity index (χ0) is 17.1. The van der Waals surface area contributed by atoms with Crippen molar-refractivity contribution in [3.05, 3.63) is 24.2 Å². The first-order valence-corrected chi connectivity index (χ1v) is 8.82. The van der Waals surface area contributed by atoms with Gasteiger partial charge in [0, 0.05) is 25.6 Å². The molecular formula is C18H27N3O3. The van der Waals surface area contributed by atoms with Gasteiger partial charge in [0.2, 0.25) is 11.8 Å². The molecule has 0 unspecified atom stereocenters. The van der Waals surface area contributed by atoms with Crippen molar-refractivity contribution in [2.75, 3.05) is 33.7 Å². The Morgan fingerprint density at radius 2 is 2.12 bits per heavy atom. The zero-order valence-corrected chi connectivity index (χ0v) is 14.5. The average molecular weight is 333 g/mol. The molecule has 2 aliphatic rings. The van der Waals surface area contributed by atoms with E-state index in [9.17, 15) is 9.59 Å². The summed E-state index contributed by atoms with van der Waals surface area (Å²) >= 11 is 0. The van der Waals surface area contributed by atoms with Crippen LogP contribution in [0.3, 0.4) is 0 Å². The Bertz CT molecular complexity index is 566. The topological polar surface area (TPSA) is 65.8 Å². The Morgan fingerprint density at radius 3 is 2.75 bits per heavy atom. The number of hydrogen-bond donors (Lipinski definition) is 1. The molecule has 2 atom stereocenters. The molecule has 0 bridgehead atoms. The largest absolute Gasteiger partial charge is 0.468 e. The molecule has 1 aliphatic heterocycles. The molecule has 3 rings (SSSR count). The van der Waals surface area contributed by atoms with E-state index in [0.29, 0.717) is 13.1 Å². The molecule has 6 nitrogen and oxygen atoms in total. The second kappa shape index (κ2) is 7.38. The molecule has 1 aromatic rings. The Labute approximate surface area is 143 Å². The maximum absolute atomic E-state index is 12.6. The standard InChI is InChI=1S/C18H27N3O3/c1-20(2)15(16-6-4-10-24-16)11-19-17(22)14-5-3-9-21(12-14)18(23)13-7-8-13/h4,6,10,13-15H,3,5,7-9,11-12H2,1-2H3,(H,19,22)/t14-,15-/m1/s1. The highest BCUT2D eigenvalue weighted by Gasteiger charge is 2.36. The van der Waals surface area contributed by atoms with E-state index in [4.69, 9.17) is 4.42 Å². The lowest BCUT2D eigenvalue weighted by Gasteiger charge is -2.32. The molecule has 2 amide bonds. The molecule has 1 N–H and O–H groups in total. The molecule has 0 spiro atoms. The summed E-state index contributed by atoms with van der Waals surface area (Å²) in [6, 6.07) is 3.79. The van der Waals surface area contributed by atoms with E-state index < -0.39 is 0 Å². The Hall–Kier alpha value is -1.82. The van der Waals surface area contributed by atoms with E-state index >= 15 is 0 Å². The van der Waals surface area contributed by atoms with E-state index in [1.807, 2.05) is 36.0 Å². The van der Waals surface area contributed by atoms with Crippen molar-refractivity contribution in [2.45, 2.75) is 31.7 Å². The van der Waals surface area contributed by atoms with Crippen molar-refractivity contribution in [2.24, 2.45) is 11.8 Å². The lowest BCUT2D eigenvalue weighted by Crippen LogP contribution is -2.47. The molecule has 0 aromatic carbocycles. The van der Waals surface area contributed by atoms with Gasteiger partial charge in [-0.2, -0.15) is 0 Å². The van der Waals surface area contributed by atoms with Gasteiger partial charge in [-0.25, -0.2) is 0 Å². The SMILES string of the molecule is CN(C)[C@H](CNC(=O)[C@@H]1CCCN(C(=O)C2CC2)C1)c1ccco1. The van der Waals surface area contributed by atoms with Crippen molar-refractivity contribution in [1.29, 1.82) is 0 Å². The maximum Gasteiger partial charge on any atom is 0.225 e. The van der Waals surface area contributed by atoms with Gasteiger partial charge in [-0.05, 0) is 51.9 Å². The van der Waals surface area contributed by atoms with Gasteiger partial charge >= 0.3 is 0 Å². The van der Waals surface area contributed by atoms with Crippen LogP contribution < -0.4 is 5.32 Å². The number of nitrogens with one attached hydrogen (secondary N) is 1. The molecule has 1 aliphatic carbocycles. The van der Waals surface area contributed by atoms with Crippen molar-refractivity contribution in [3.63, 3.8) is 0 Å². The first-order valence-electron chi connectivity index (χ1n) is 8.82. The van der Waals surface area contributed by atoms with Gasteiger partial charge in [-0.1, -0.05) is 0 Å². The number of carbonyl (C=O) groups excluding carboxylic acids is 2. The van der Waals surface area contributed by atoms with Gasteiger partial charge in [0.25, 0.3) is 0 Å². The van der Waals surface area contributed by atoms with Gasteiger partial charge in [0.1, 0.15) is 5.76 Å². The molecule has 24 heavy (non-hydrogen) atoms. The molecule has 1 aromatic heterocycles. The highest BCUT2D eigenvalue weighted by atomic mass is 16.3. The van der Waals surface area contributed by atoms with Crippen LogP contribution >= 0.6 is 0 Å². The van der Waals surface area contributed by atoms with Crippen molar-refractivity contribution in [3.8, 4) is 0 Å². The summed E-state index contributed by atoms with van der Waals surface area (Å²) in [6.07, 6.45) is 5.44. The van der Waals surface area contributed by atoms with Crippen LogP contribution in [-0.4, -0.2) is 55.3 Å². The monoisotopic (exact) mass is 333 g/mol. The summed E-state index contributed by atoms with van der Waals surface area (Å²) in [7, 11) is 3.94. The quantitative estimate of drug-likeness (QED) is 0.860. The molecule has 6 heteroatoms. The van der Waals surface area contributed by atoms with E-state index in [1.54, 1.807) is 6.26 Å². The van der Waals surface area contributed by atoms with Crippen LogP contribution in [0.15, 0.2) is 22.8 Å². The van der Waals surface area contributed by atoms with Crippen LogP contribution in [0.4, 0.5) is 0 Å². The Morgan fingerprint density at radius 1 is 1.33 bits per heavy atom. The molecule has 2 fully saturated rings. The number of likely N-dealkylation sites (N-methyl/N-ethyl adjacent to an activating group) is 1. The van der Waals surface area contributed by atoms with E-state index in [1.165, 1.54) is 0 Å². The highest BCUT2D eigenvalue weighted by Crippen LogP contribution is 2.32. The third-order valence-electron chi connectivity index (χ3n) is 5.00. The smallest absolute Gasteiger partial charge is 0.225 e. The predicted molar refractivity (Wildman–Crippen MR) is 90.2 cm³/mol. The normalized spacial score (nSPS) is 22.5. The second-order valence-corrected chi connectivity index (χ2v) is 7.14. The van der Waals surface area contributed by atoms with E-state index in [-0.39, 0.29) is 29.7 Å². The van der Waals surface area contributed by atoms with Crippen LogP contribution in [0.25, 0.3) is 0 Å². The van der Waals surface area contributed by atoms with E-state index in [2.05, 4.69) is 5.32 Å². The molecular weight excluding hydrogens is 306 g/mol. The van der Waals surface area contributed by atoms with Gasteiger partial charge < -0.3 is 14.6 Å². The predicted octanol–water partition coefficient (Wildman–Crippen LogP) is 1.65. The number of nitrogens with zero attached hydrogens (tertiary/aromatic N) is 2. The van der Waals surface area contributed by atoms with Gasteiger partial charge in [-0.3, -0.25) is 14.5 Å².